The van der Waals surface area contributed by atoms with E-state index in [-0.39, 0.29) is 6.04 Å². The van der Waals surface area contributed by atoms with Crippen LogP contribution in [-0.2, 0) is 4.79 Å². The van der Waals surface area contributed by atoms with Crippen LogP contribution in [0, 0.1) is 0 Å². The lowest BCUT2D eigenvalue weighted by molar-refractivity contribution is -0.116. The highest BCUT2D eigenvalue weighted by Crippen LogP contribution is 2.36. The molecule has 1 aliphatic carbocycles. The average Bonchev–Trinajstić information content (AvgIpc) is 2.37. The van der Waals surface area contributed by atoms with Crippen molar-refractivity contribution in [3.8, 4) is 0 Å². The van der Waals surface area contributed by atoms with E-state index in [0.717, 1.165) is 36.3 Å². The van der Waals surface area contributed by atoms with Gasteiger partial charge >= 0.3 is 0 Å². The molecule has 1 unspecified atom stereocenters. The number of pyridine rings is 1. The Bertz CT molecular complexity index is 493. The van der Waals surface area contributed by atoms with E-state index in [1.807, 2.05) is 24.4 Å². The smallest absolute Gasteiger partial charge is 0.160 e. The normalized spacial score (nSPS) is 22.9. The Hall–Kier alpha value is -1.64. The maximum Gasteiger partial charge on any atom is 0.160 e. The molecule has 0 radical (unpaired) electrons. The first kappa shape index (κ1) is 10.5. The molecule has 3 nitrogen and oxygen atoms in total. The lowest BCUT2D eigenvalue weighted by atomic mass is 9.84. The number of nitrogens with zero attached hydrogens (tertiary/aromatic N) is 2. The molecular weight excluding hydrogens is 212 g/mol. The second kappa shape index (κ2) is 3.99. The van der Waals surface area contributed by atoms with Crippen molar-refractivity contribution >= 4 is 17.7 Å². The van der Waals surface area contributed by atoms with Crippen molar-refractivity contribution < 1.29 is 4.79 Å². The first-order valence-electron chi connectivity index (χ1n) is 6.27. The van der Waals surface area contributed by atoms with Gasteiger partial charge in [-0.15, -0.1) is 0 Å². The average molecular weight is 228 g/mol. The Kier molecular flexibility index (Phi) is 2.46. The monoisotopic (exact) mass is 228 g/mol. The van der Waals surface area contributed by atoms with Crippen molar-refractivity contribution in [2.45, 2.75) is 32.2 Å². The maximum absolute atomic E-state index is 12.0. The summed E-state index contributed by atoms with van der Waals surface area (Å²) >= 11 is 0. The first-order chi connectivity index (χ1) is 8.31. The Morgan fingerprint density at radius 3 is 3.24 bits per heavy atom. The molecule has 1 aromatic rings. The van der Waals surface area contributed by atoms with Gasteiger partial charge in [-0.3, -0.25) is 4.79 Å². The molecule has 2 aliphatic rings. The van der Waals surface area contributed by atoms with E-state index in [9.17, 15) is 4.79 Å². The molecule has 0 amide bonds. The van der Waals surface area contributed by atoms with Crippen LogP contribution in [0.1, 0.15) is 31.7 Å². The minimum absolute atomic E-state index is 0.253. The van der Waals surface area contributed by atoms with Crippen LogP contribution in [0.15, 0.2) is 23.9 Å². The van der Waals surface area contributed by atoms with Crippen LogP contribution in [-0.4, -0.2) is 23.4 Å². The molecule has 1 aliphatic heterocycles. The fourth-order valence-electron chi connectivity index (χ4n) is 2.89. The van der Waals surface area contributed by atoms with Gasteiger partial charge in [-0.05, 0) is 38.0 Å². The molecule has 3 heteroatoms. The van der Waals surface area contributed by atoms with Gasteiger partial charge in [-0.25, -0.2) is 4.98 Å². The summed E-state index contributed by atoms with van der Waals surface area (Å²) in [4.78, 5) is 18.7. The van der Waals surface area contributed by atoms with E-state index in [1.54, 1.807) is 0 Å². The van der Waals surface area contributed by atoms with Gasteiger partial charge in [0.1, 0.15) is 5.82 Å². The van der Waals surface area contributed by atoms with E-state index < -0.39 is 0 Å². The molecule has 2 heterocycles. The number of carbonyl (C=O) groups is 1. The highest BCUT2D eigenvalue weighted by atomic mass is 16.1. The number of anilines is 1. The Balaban J connectivity index is 2.14. The zero-order chi connectivity index (χ0) is 11.8. The fraction of sp³-hybridized carbons (Fsp3) is 0.429. The SMILES string of the molecule is CCN1c2ncccc2C=C2C(=O)CCCC21. The Labute approximate surface area is 101 Å². The van der Waals surface area contributed by atoms with Crippen molar-refractivity contribution in [1.29, 1.82) is 0 Å². The second-order valence-electron chi connectivity index (χ2n) is 4.63. The molecule has 0 saturated heterocycles. The lowest BCUT2D eigenvalue weighted by Crippen LogP contribution is -2.43. The first-order valence-corrected chi connectivity index (χ1v) is 6.27. The van der Waals surface area contributed by atoms with Gasteiger partial charge in [0.05, 0.1) is 6.04 Å². The van der Waals surface area contributed by atoms with Gasteiger partial charge in [-0.2, -0.15) is 0 Å². The molecule has 1 aromatic heterocycles. The number of carbonyl (C=O) groups excluding carboxylic acids is 1. The van der Waals surface area contributed by atoms with Crippen molar-refractivity contribution in [3.63, 3.8) is 0 Å². The number of likely N-dealkylation sites (N-methyl/N-ethyl adjacent to an activating group) is 1. The van der Waals surface area contributed by atoms with Crippen molar-refractivity contribution in [3.05, 3.63) is 29.5 Å². The summed E-state index contributed by atoms with van der Waals surface area (Å²) in [7, 11) is 0. The number of aromatic nitrogens is 1. The number of ketones is 1. The van der Waals surface area contributed by atoms with Crippen LogP contribution >= 0.6 is 0 Å². The number of rotatable bonds is 1. The molecule has 1 atom stereocenters. The van der Waals surface area contributed by atoms with Crippen LogP contribution in [0.3, 0.4) is 0 Å². The van der Waals surface area contributed by atoms with E-state index in [4.69, 9.17) is 0 Å². The standard InChI is InChI=1S/C14H16N2O/c1-2-16-12-6-3-7-13(17)11(12)9-10-5-4-8-15-14(10)16/h4-5,8-9,12H,2-3,6-7H2,1H3. The van der Waals surface area contributed by atoms with Gasteiger partial charge in [0.25, 0.3) is 0 Å². The predicted octanol–water partition coefficient (Wildman–Crippen LogP) is 2.43. The van der Waals surface area contributed by atoms with E-state index >= 15 is 0 Å². The number of Topliss-reactive ketones (excluding diaryl/α,β-unsaturated/α-hetero) is 1. The van der Waals surface area contributed by atoms with Gasteiger partial charge in [0.2, 0.25) is 0 Å². The third-order valence-electron chi connectivity index (χ3n) is 3.68. The van der Waals surface area contributed by atoms with Crippen LogP contribution in [0.5, 0.6) is 0 Å². The zero-order valence-corrected chi connectivity index (χ0v) is 10.0. The molecule has 1 fully saturated rings. The Morgan fingerprint density at radius 1 is 1.53 bits per heavy atom. The quantitative estimate of drug-likeness (QED) is 0.740. The van der Waals surface area contributed by atoms with E-state index in [0.29, 0.717) is 12.2 Å². The molecule has 0 N–H and O–H groups in total. The largest absolute Gasteiger partial charge is 0.349 e. The summed E-state index contributed by atoms with van der Waals surface area (Å²) in [6, 6.07) is 4.22. The molecule has 3 rings (SSSR count). The fourth-order valence-corrected chi connectivity index (χ4v) is 2.89. The van der Waals surface area contributed by atoms with Crippen LogP contribution < -0.4 is 4.90 Å². The summed E-state index contributed by atoms with van der Waals surface area (Å²) in [6.45, 7) is 3.03. The van der Waals surface area contributed by atoms with Crippen molar-refractivity contribution in [1.82, 2.24) is 4.98 Å². The molecule has 0 aromatic carbocycles. The summed E-state index contributed by atoms with van der Waals surface area (Å²) in [5, 5.41) is 0. The van der Waals surface area contributed by atoms with E-state index in [2.05, 4.69) is 16.8 Å². The molecule has 1 saturated carbocycles. The van der Waals surface area contributed by atoms with Crippen molar-refractivity contribution in [2.24, 2.45) is 0 Å². The maximum atomic E-state index is 12.0. The van der Waals surface area contributed by atoms with Crippen LogP contribution in [0.2, 0.25) is 0 Å². The van der Waals surface area contributed by atoms with Gasteiger partial charge in [-0.1, -0.05) is 0 Å². The number of hydrogen-bond donors (Lipinski definition) is 0. The summed E-state index contributed by atoms with van der Waals surface area (Å²) in [5.74, 6) is 1.34. The molecule has 17 heavy (non-hydrogen) atoms. The summed E-state index contributed by atoms with van der Waals surface area (Å²) in [6.07, 6.45) is 6.64. The van der Waals surface area contributed by atoms with E-state index in [1.165, 1.54) is 0 Å². The minimum atomic E-state index is 0.253. The Morgan fingerprint density at radius 2 is 2.41 bits per heavy atom. The molecular formula is C14H16N2O. The summed E-state index contributed by atoms with van der Waals surface area (Å²) < 4.78 is 0. The van der Waals surface area contributed by atoms with Gasteiger partial charge < -0.3 is 4.90 Å². The third kappa shape index (κ3) is 1.57. The minimum Gasteiger partial charge on any atom is -0.349 e. The van der Waals surface area contributed by atoms with Gasteiger partial charge in [0.15, 0.2) is 5.78 Å². The third-order valence-corrected chi connectivity index (χ3v) is 3.68. The van der Waals surface area contributed by atoms with Crippen LogP contribution in [0.4, 0.5) is 5.82 Å². The van der Waals surface area contributed by atoms with Crippen molar-refractivity contribution in [2.75, 3.05) is 11.4 Å². The summed E-state index contributed by atoms with van der Waals surface area (Å²) in [5.41, 5.74) is 2.06. The highest BCUT2D eigenvalue weighted by molar-refractivity contribution is 6.03. The topological polar surface area (TPSA) is 33.2 Å². The number of fused-ring (bicyclic) bond motifs is 2. The zero-order valence-electron chi connectivity index (χ0n) is 10.0. The lowest BCUT2D eigenvalue weighted by Gasteiger charge is -2.39. The second-order valence-corrected chi connectivity index (χ2v) is 4.63. The van der Waals surface area contributed by atoms with Crippen LogP contribution in [0.25, 0.3) is 6.08 Å². The molecule has 0 spiro atoms. The number of hydrogen-bond acceptors (Lipinski definition) is 3. The predicted molar refractivity (Wildman–Crippen MR) is 67.9 cm³/mol. The highest BCUT2D eigenvalue weighted by Gasteiger charge is 2.34. The molecule has 88 valence electrons. The van der Waals surface area contributed by atoms with Gasteiger partial charge in [0, 0.05) is 30.3 Å². The molecule has 0 bridgehead atoms.